The van der Waals surface area contributed by atoms with Crippen LogP contribution in [0.4, 0.5) is 14.6 Å². The van der Waals surface area contributed by atoms with Gasteiger partial charge >= 0.3 is 0 Å². The van der Waals surface area contributed by atoms with Gasteiger partial charge in [0, 0.05) is 55.2 Å². The summed E-state index contributed by atoms with van der Waals surface area (Å²) in [5.41, 5.74) is 9.38. The standard InChI is InChI=1S/C24H28F2N6O/c1-2-31-8-7-15-9-16(11-28-23(15)31)24(33)29-17-4-5-20-14(10-17)3-6-21(30-20)32-12-18(22(25)26)19(27)13-32/h3,6-9,11,17-19,22H,2,4-5,10,12-13,27H2,1H3,(H,29,33)/t17-,18+,19+/m0/s1. The summed E-state index contributed by atoms with van der Waals surface area (Å²) in [5.74, 6) is -0.249. The third-order valence-corrected chi connectivity index (χ3v) is 6.85. The molecule has 33 heavy (non-hydrogen) atoms. The Morgan fingerprint density at radius 3 is 2.91 bits per heavy atom. The quantitative estimate of drug-likeness (QED) is 0.619. The molecule has 0 spiro atoms. The molecule has 1 saturated heterocycles. The van der Waals surface area contributed by atoms with Gasteiger partial charge in [-0.15, -0.1) is 0 Å². The highest BCUT2D eigenvalue weighted by Gasteiger charge is 2.37. The third-order valence-electron chi connectivity index (χ3n) is 6.85. The summed E-state index contributed by atoms with van der Waals surface area (Å²) in [4.78, 5) is 23.9. The van der Waals surface area contributed by atoms with Crippen molar-refractivity contribution in [2.75, 3.05) is 18.0 Å². The molecule has 1 amide bonds. The fourth-order valence-electron chi connectivity index (χ4n) is 4.93. The van der Waals surface area contributed by atoms with Crippen LogP contribution in [-0.4, -0.2) is 52.0 Å². The van der Waals surface area contributed by atoms with Crippen LogP contribution in [0.3, 0.4) is 0 Å². The Kier molecular flexibility index (Phi) is 5.74. The van der Waals surface area contributed by atoms with Crippen molar-refractivity contribution in [1.82, 2.24) is 19.9 Å². The summed E-state index contributed by atoms with van der Waals surface area (Å²) < 4.78 is 28.3. The molecule has 0 unspecified atom stereocenters. The molecule has 3 aromatic heterocycles. The molecular formula is C24H28F2N6O. The van der Waals surface area contributed by atoms with Crippen LogP contribution in [0, 0.1) is 5.92 Å². The molecule has 7 nitrogen and oxygen atoms in total. The van der Waals surface area contributed by atoms with Crippen LogP contribution in [-0.2, 0) is 19.4 Å². The highest BCUT2D eigenvalue weighted by atomic mass is 19.3. The van der Waals surface area contributed by atoms with E-state index in [4.69, 9.17) is 10.7 Å². The molecule has 0 bridgehead atoms. The number of amides is 1. The van der Waals surface area contributed by atoms with Gasteiger partial charge in [-0.3, -0.25) is 4.79 Å². The van der Waals surface area contributed by atoms with E-state index >= 15 is 0 Å². The van der Waals surface area contributed by atoms with Gasteiger partial charge in [-0.25, -0.2) is 18.7 Å². The largest absolute Gasteiger partial charge is 0.354 e. The van der Waals surface area contributed by atoms with Gasteiger partial charge in [0.05, 0.1) is 11.5 Å². The first-order valence-corrected chi connectivity index (χ1v) is 11.5. The zero-order chi connectivity index (χ0) is 23.1. The Balaban J connectivity index is 1.25. The predicted molar refractivity (Wildman–Crippen MR) is 123 cm³/mol. The minimum atomic E-state index is -2.42. The minimum absolute atomic E-state index is 0.0111. The summed E-state index contributed by atoms with van der Waals surface area (Å²) in [5, 5.41) is 4.08. The number of carbonyl (C=O) groups is 1. The molecule has 3 N–H and O–H groups in total. The molecule has 9 heteroatoms. The van der Waals surface area contributed by atoms with Gasteiger partial charge in [-0.05, 0) is 49.9 Å². The number of halogens is 2. The average Bonchev–Trinajstić information content (AvgIpc) is 3.41. The van der Waals surface area contributed by atoms with Crippen molar-refractivity contribution in [1.29, 1.82) is 0 Å². The van der Waals surface area contributed by atoms with E-state index in [9.17, 15) is 13.6 Å². The second-order valence-corrected chi connectivity index (χ2v) is 8.99. The van der Waals surface area contributed by atoms with E-state index in [0.29, 0.717) is 24.3 Å². The van der Waals surface area contributed by atoms with E-state index < -0.39 is 18.4 Å². The SMILES string of the molecule is CCn1ccc2cc(C(=O)N[C@H]3CCc4nc(N5C[C@@H](N)[C@H](C(F)F)C5)ccc4C3)cnc21. The van der Waals surface area contributed by atoms with Crippen LogP contribution in [0.15, 0.2) is 36.7 Å². The van der Waals surface area contributed by atoms with Crippen LogP contribution in [0.1, 0.15) is 35.0 Å². The zero-order valence-corrected chi connectivity index (χ0v) is 18.5. The number of pyridine rings is 2. The number of nitrogens with two attached hydrogens (primary N) is 1. The number of hydrogen-bond donors (Lipinski definition) is 2. The van der Waals surface area contributed by atoms with E-state index in [-0.39, 0.29) is 18.5 Å². The minimum Gasteiger partial charge on any atom is -0.354 e. The van der Waals surface area contributed by atoms with Crippen LogP contribution >= 0.6 is 0 Å². The molecule has 1 fully saturated rings. The number of hydrogen-bond acceptors (Lipinski definition) is 5. The summed E-state index contributed by atoms with van der Waals surface area (Å²) >= 11 is 0. The number of nitrogens with one attached hydrogen (secondary N) is 1. The Morgan fingerprint density at radius 2 is 2.15 bits per heavy atom. The molecular weight excluding hydrogens is 426 g/mol. The van der Waals surface area contributed by atoms with Gasteiger partial charge in [0.1, 0.15) is 11.5 Å². The molecule has 174 valence electrons. The van der Waals surface area contributed by atoms with E-state index in [2.05, 4.69) is 17.2 Å². The Labute approximate surface area is 191 Å². The van der Waals surface area contributed by atoms with E-state index in [0.717, 1.165) is 41.7 Å². The highest BCUT2D eigenvalue weighted by Crippen LogP contribution is 2.29. The normalized spacial score (nSPS) is 22.7. The maximum Gasteiger partial charge on any atom is 0.253 e. The number of fused-ring (bicyclic) bond motifs is 2. The highest BCUT2D eigenvalue weighted by molar-refractivity contribution is 5.97. The lowest BCUT2D eigenvalue weighted by molar-refractivity contribution is 0.0804. The Hall–Kier alpha value is -3.07. The fourth-order valence-corrected chi connectivity index (χ4v) is 4.93. The first kappa shape index (κ1) is 21.8. The molecule has 0 aromatic carbocycles. The molecule has 2 aliphatic rings. The lowest BCUT2D eigenvalue weighted by atomic mass is 9.91. The second kappa shape index (κ2) is 8.70. The first-order valence-electron chi connectivity index (χ1n) is 11.5. The topological polar surface area (TPSA) is 89.1 Å². The predicted octanol–water partition coefficient (Wildman–Crippen LogP) is 2.77. The molecule has 0 radical (unpaired) electrons. The van der Waals surface area contributed by atoms with Crippen molar-refractivity contribution in [3.05, 3.63) is 53.5 Å². The molecule has 1 aliphatic heterocycles. The summed E-state index contributed by atoms with van der Waals surface area (Å²) in [6.45, 7) is 3.50. The van der Waals surface area contributed by atoms with Gasteiger partial charge in [-0.2, -0.15) is 0 Å². The summed E-state index contributed by atoms with van der Waals surface area (Å²) in [6, 6.07) is 7.19. The maximum absolute atomic E-state index is 13.2. The van der Waals surface area contributed by atoms with Crippen LogP contribution < -0.4 is 16.0 Å². The number of anilines is 1. The van der Waals surface area contributed by atoms with Crippen molar-refractivity contribution in [2.45, 2.75) is 51.2 Å². The Morgan fingerprint density at radius 1 is 1.30 bits per heavy atom. The molecule has 0 saturated carbocycles. The van der Waals surface area contributed by atoms with Crippen molar-refractivity contribution >= 4 is 22.8 Å². The van der Waals surface area contributed by atoms with E-state index in [1.54, 1.807) is 6.20 Å². The van der Waals surface area contributed by atoms with E-state index in [1.807, 2.05) is 39.9 Å². The van der Waals surface area contributed by atoms with Crippen molar-refractivity contribution in [3.63, 3.8) is 0 Å². The lowest BCUT2D eigenvalue weighted by Crippen LogP contribution is -2.39. The van der Waals surface area contributed by atoms with Crippen LogP contribution in [0.5, 0.6) is 0 Å². The lowest BCUT2D eigenvalue weighted by Gasteiger charge is -2.26. The van der Waals surface area contributed by atoms with Crippen molar-refractivity contribution < 1.29 is 13.6 Å². The molecule has 3 atom stereocenters. The number of carbonyl (C=O) groups excluding carboxylic acids is 1. The first-order chi connectivity index (χ1) is 15.9. The molecule has 3 aromatic rings. The molecule has 1 aliphatic carbocycles. The number of aryl methyl sites for hydroxylation is 2. The number of alkyl halides is 2. The summed E-state index contributed by atoms with van der Waals surface area (Å²) in [6.07, 6.45) is 3.37. The van der Waals surface area contributed by atoms with Gasteiger partial charge in [-0.1, -0.05) is 6.07 Å². The van der Waals surface area contributed by atoms with Gasteiger partial charge in [0.25, 0.3) is 5.91 Å². The molecule has 4 heterocycles. The average molecular weight is 455 g/mol. The Bertz CT molecular complexity index is 1180. The number of rotatable bonds is 5. The molecule has 5 rings (SSSR count). The monoisotopic (exact) mass is 454 g/mol. The van der Waals surface area contributed by atoms with Gasteiger partial charge < -0.3 is 20.5 Å². The van der Waals surface area contributed by atoms with Crippen LogP contribution in [0.25, 0.3) is 11.0 Å². The number of aromatic nitrogens is 3. The number of nitrogens with zero attached hydrogens (tertiary/aromatic N) is 4. The maximum atomic E-state index is 13.2. The summed E-state index contributed by atoms with van der Waals surface area (Å²) in [7, 11) is 0. The smallest absolute Gasteiger partial charge is 0.253 e. The van der Waals surface area contributed by atoms with Crippen molar-refractivity contribution in [3.8, 4) is 0 Å². The second-order valence-electron chi connectivity index (χ2n) is 8.99. The van der Waals surface area contributed by atoms with Crippen molar-refractivity contribution in [2.24, 2.45) is 11.7 Å². The fraction of sp³-hybridized carbons (Fsp3) is 0.458. The van der Waals surface area contributed by atoms with E-state index in [1.165, 1.54) is 0 Å². The zero-order valence-electron chi connectivity index (χ0n) is 18.5. The van der Waals surface area contributed by atoms with Gasteiger partial charge in [0.2, 0.25) is 6.43 Å². The van der Waals surface area contributed by atoms with Gasteiger partial charge in [0.15, 0.2) is 0 Å². The third kappa shape index (κ3) is 4.17. The van der Waals surface area contributed by atoms with Crippen LogP contribution in [0.2, 0.25) is 0 Å².